The van der Waals surface area contributed by atoms with E-state index in [9.17, 15) is 9.59 Å². The number of carbonyl (C=O) groups excluding carboxylic acids is 2. The molecule has 6 heterocycles. The van der Waals surface area contributed by atoms with Crippen LogP contribution in [0.2, 0.25) is 0 Å². The zero-order valence-electron chi connectivity index (χ0n) is 27.1. The molecule has 1 saturated carbocycles. The molecule has 2 bridgehead atoms. The van der Waals surface area contributed by atoms with Crippen molar-refractivity contribution in [3.05, 3.63) is 47.1 Å². The molecule has 0 amide bonds. The highest BCUT2D eigenvalue weighted by Crippen LogP contribution is 2.54. The molecule has 0 radical (unpaired) electrons. The van der Waals surface area contributed by atoms with E-state index in [0.29, 0.717) is 24.2 Å². The molecule has 0 aromatic carbocycles. The number of hydrogen-bond donors (Lipinski definition) is 4. The van der Waals surface area contributed by atoms with E-state index in [-0.39, 0.29) is 61.4 Å². The molecular weight excluding hydrogens is 588 g/mol. The molecule has 8 N–H and O–H groups in total. The lowest BCUT2D eigenvalue weighted by atomic mass is 9.75. The highest BCUT2D eigenvalue weighted by molar-refractivity contribution is 5.87. The Morgan fingerprint density at radius 3 is 2.20 bits per heavy atom. The molecule has 13 nitrogen and oxygen atoms in total. The molecule has 7 rings (SSSR count). The lowest BCUT2D eigenvalue weighted by Crippen LogP contribution is -2.58. The highest BCUT2D eigenvalue weighted by Gasteiger charge is 2.64. The Hall–Kier alpha value is -3.10. The molecule has 6 aliphatic heterocycles. The molecule has 7 aliphatic rings. The van der Waals surface area contributed by atoms with Crippen LogP contribution in [0.5, 0.6) is 0 Å². The molecule has 0 aromatic heterocycles. The Balaban J connectivity index is 0.972. The smallest absolute Gasteiger partial charge is 0.331 e. The molecule has 13 heteroatoms. The van der Waals surface area contributed by atoms with Crippen molar-refractivity contribution in [1.29, 1.82) is 0 Å². The molecule has 5 unspecified atom stereocenters. The van der Waals surface area contributed by atoms with Crippen molar-refractivity contribution in [2.75, 3.05) is 26.3 Å². The van der Waals surface area contributed by atoms with Crippen molar-refractivity contribution in [2.45, 2.75) is 119 Å². The summed E-state index contributed by atoms with van der Waals surface area (Å²) in [4.78, 5) is 29.7. The van der Waals surface area contributed by atoms with E-state index in [1.807, 2.05) is 6.92 Å². The minimum Gasteiger partial charge on any atom is -0.450 e. The van der Waals surface area contributed by atoms with Gasteiger partial charge in [0.1, 0.15) is 5.60 Å². The van der Waals surface area contributed by atoms with Crippen LogP contribution in [0.3, 0.4) is 0 Å². The highest BCUT2D eigenvalue weighted by atomic mass is 16.6. The number of fused-ring (bicyclic) bond motifs is 6. The summed E-state index contributed by atoms with van der Waals surface area (Å²) in [6, 6.07) is 0.548. The first-order valence-corrected chi connectivity index (χ1v) is 17.0. The van der Waals surface area contributed by atoms with Crippen molar-refractivity contribution in [3.8, 4) is 0 Å². The first-order valence-electron chi connectivity index (χ1n) is 17.0. The number of ether oxygens (including phenoxy) is 3. The van der Waals surface area contributed by atoms with Gasteiger partial charge in [-0.1, -0.05) is 12.8 Å². The Kier molecular flexibility index (Phi) is 8.12. The molecule has 8 atom stereocenters. The van der Waals surface area contributed by atoms with Gasteiger partial charge < -0.3 is 35.7 Å². The van der Waals surface area contributed by atoms with Gasteiger partial charge in [0.2, 0.25) is 0 Å². The lowest BCUT2D eigenvalue weighted by Gasteiger charge is -2.46. The third-order valence-electron chi connectivity index (χ3n) is 11.9. The first-order chi connectivity index (χ1) is 22.0. The summed E-state index contributed by atoms with van der Waals surface area (Å²) in [5.74, 6) is 12.7. The number of hydrogen-bond acceptors (Lipinski definition) is 13. The minimum atomic E-state index is -0.631. The van der Waals surface area contributed by atoms with Crippen molar-refractivity contribution in [3.63, 3.8) is 0 Å². The van der Waals surface area contributed by atoms with Gasteiger partial charge >= 0.3 is 11.9 Å². The zero-order chi connectivity index (χ0) is 32.4. The number of piperidine rings is 2. The molecule has 1 spiro atoms. The summed E-state index contributed by atoms with van der Waals surface area (Å²) in [6.07, 6.45) is 15.4. The number of hydrazine groups is 2. The number of carbonyl (C=O) groups is 2. The summed E-state index contributed by atoms with van der Waals surface area (Å²) in [6.45, 7) is 6.44. The standard InChI is InChI=1S/C33H50N8O5/c1-20-25(11-21-13-30(42)45-32(21,2)28-7-3-5-9-38(20)28)40(36)16-23(34)18-44-19-24(35)17-41(37)26-12-22-14-31(43)46-33(22)15-27(26)39-10-6-4-8-29(33)39/h13-14,16-17,20,25-29H,3-12,15,18-19,34-37H2,1-2H3/b23-16-,24-17-/t20-,25-,26?,27?,28?,29?,32-,33?/m0/s1. The fraction of sp³-hybridized carbons (Fsp3) is 0.697. The minimum absolute atomic E-state index is 0.0233. The lowest BCUT2D eigenvalue weighted by molar-refractivity contribution is -0.152. The summed E-state index contributed by atoms with van der Waals surface area (Å²) in [7, 11) is 0. The number of nitrogens with zero attached hydrogens (tertiary/aromatic N) is 4. The van der Waals surface area contributed by atoms with E-state index in [0.717, 1.165) is 69.2 Å². The SMILES string of the molecule is C[C@H]1[C@@H](N(N)/C=C(\N)COC/C(N)=C/N(N)C2CC3=CC(=O)OC34CC2N2CCCCC24)CC2=CC(=O)O[C@]2(C)C2CCCCN21. The van der Waals surface area contributed by atoms with Crippen molar-refractivity contribution < 1.29 is 23.8 Å². The van der Waals surface area contributed by atoms with Crippen LogP contribution in [0.15, 0.2) is 47.1 Å². The molecule has 0 aromatic rings. The molecule has 46 heavy (non-hydrogen) atoms. The van der Waals surface area contributed by atoms with Crippen molar-refractivity contribution in [2.24, 2.45) is 23.2 Å². The van der Waals surface area contributed by atoms with Crippen LogP contribution < -0.4 is 23.2 Å². The first kappa shape index (κ1) is 31.5. The Labute approximate surface area is 271 Å². The largest absolute Gasteiger partial charge is 0.450 e. The molecule has 1 aliphatic carbocycles. The van der Waals surface area contributed by atoms with Crippen LogP contribution in [-0.4, -0.2) is 106 Å². The molecule has 252 valence electrons. The van der Waals surface area contributed by atoms with Gasteiger partial charge in [-0.3, -0.25) is 9.80 Å². The van der Waals surface area contributed by atoms with E-state index in [1.165, 1.54) is 0 Å². The van der Waals surface area contributed by atoms with E-state index in [2.05, 4.69) is 16.7 Å². The van der Waals surface area contributed by atoms with Gasteiger partial charge in [-0.25, -0.2) is 21.3 Å². The fourth-order valence-corrected chi connectivity index (χ4v) is 9.74. The van der Waals surface area contributed by atoms with Crippen molar-refractivity contribution in [1.82, 2.24) is 19.8 Å². The van der Waals surface area contributed by atoms with Gasteiger partial charge in [0, 0.05) is 43.1 Å². The van der Waals surface area contributed by atoms with E-state index < -0.39 is 11.2 Å². The maximum absolute atomic E-state index is 12.4. The normalized spacial score (nSPS) is 39.3. The summed E-state index contributed by atoms with van der Waals surface area (Å²) in [5, 5.41) is 3.35. The van der Waals surface area contributed by atoms with Gasteiger partial charge in [-0.15, -0.1) is 0 Å². The average molecular weight is 639 g/mol. The third-order valence-corrected chi connectivity index (χ3v) is 11.9. The van der Waals surface area contributed by atoms with Gasteiger partial charge in [0.05, 0.1) is 48.8 Å². The predicted molar refractivity (Wildman–Crippen MR) is 170 cm³/mol. The number of rotatable bonds is 8. The maximum Gasteiger partial charge on any atom is 0.331 e. The van der Waals surface area contributed by atoms with E-state index in [1.54, 1.807) is 34.6 Å². The van der Waals surface area contributed by atoms with Crippen LogP contribution in [0.25, 0.3) is 0 Å². The summed E-state index contributed by atoms with van der Waals surface area (Å²) >= 11 is 0. The second-order valence-corrected chi connectivity index (χ2v) is 14.5. The zero-order valence-corrected chi connectivity index (χ0v) is 27.1. The van der Waals surface area contributed by atoms with Crippen LogP contribution in [0, 0.1) is 0 Å². The van der Waals surface area contributed by atoms with E-state index >= 15 is 0 Å². The second kappa shape index (κ2) is 11.9. The van der Waals surface area contributed by atoms with Crippen LogP contribution in [-0.2, 0) is 23.8 Å². The van der Waals surface area contributed by atoms with Gasteiger partial charge in [-0.05, 0) is 76.6 Å². The summed E-state index contributed by atoms with van der Waals surface area (Å²) in [5.41, 5.74) is 14.6. The molecule has 5 fully saturated rings. The Bertz CT molecular complexity index is 1380. The molecular formula is C33H50N8O5. The topological polar surface area (TPSA) is 179 Å². The van der Waals surface area contributed by atoms with Gasteiger partial charge in [-0.2, -0.15) is 0 Å². The monoisotopic (exact) mass is 638 g/mol. The summed E-state index contributed by atoms with van der Waals surface area (Å²) < 4.78 is 17.8. The van der Waals surface area contributed by atoms with Gasteiger partial charge in [0.25, 0.3) is 0 Å². The average Bonchev–Trinajstić information content (AvgIpc) is 3.60. The molecule has 4 saturated heterocycles. The number of esters is 2. The van der Waals surface area contributed by atoms with Crippen LogP contribution >= 0.6 is 0 Å². The fourth-order valence-electron chi connectivity index (χ4n) is 9.74. The third kappa shape index (κ3) is 5.20. The number of nitrogens with two attached hydrogens (primary N) is 4. The van der Waals surface area contributed by atoms with Gasteiger partial charge in [0.15, 0.2) is 5.60 Å². The van der Waals surface area contributed by atoms with Crippen LogP contribution in [0.4, 0.5) is 0 Å². The second-order valence-electron chi connectivity index (χ2n) is 14.5. The van der Waals surface area contributed by atoms with E-state index in [4.69, 9.17) is 37.4 Å². The Morgan fingerprint density at radius 2 is 1.48 bits per heavy atom. The quantitative estimate of drug-likeness (QED) is 0.167. The Morgan fingerprint density at radius 1 is 0.891 bits per heavy atom. The predicted octanol–water partition coefficient (Wildman–Crippen LogP) is 0.833. The van der Waals surface area contributed by atoms with Crippen LogP contribution in [0.1, 0.15) is 71.6 Å². The van der Waals surface area contributed by atoms with Crippen molar-refractivity contribution >= 4 is 11.9 Å². The maximum atomic E-state index is 12.4.